The predicted molar refractivity (Wildman–Crippen MR) is 74.5 cm³/mol. The van der Waals surface area contributed by atoms with Gasteiger partial charge in [0.2, 0.25) is 11.8 Å². The van der Waals surface area contributed by atoms with Crippen molar-refractivity contribution < 1.29 is 9.59 Å². The Bertz CT molecular complexity index is 348. The van der Waals surface area contributed by atoms with E-state index in [1.54, 1.807) is 0 Å². The van der Waals surface area contributed by atoms with Gasteiger partial charge in [-0.2, -0.15) is 0 Å². The van der Waals surface area contributed by atoms with Gasteiger partial charge in [-0.25, -0.2) is 0 Å². The third-order valence-electron chi connectivity index (χ3n) is 4.23. The zero-order chi connectivity index (χ0) is 13.7. The lowest BCUT2D eigenvalue weighted by Gasteiger charge is -2.31. The van der Waals surface area contributed by atoms with Gasteiger partial charge in [-0.1, -0.05) is 25.3 Å². The lowest BCUT2D eigenvalue weighted by atomic mass is 9.83. The summed E-state index contributed by atoms with van der Waals surface area (Å²) in [6.07, 6.45) is 8.77. The lowest BCUT2D eigenvalue weighted by Crippen LogP contribution is -2.49. The van der Waals surface area contributed by atoms with Gasteiger partial charge >= 0.3 is 0 Å². The number of carbonyl (C=O) groups excluding carboxylic acids is 2. The van der Waals surface area contributed by atoms with Gasteiger partial charge in [0.05, 0.1) is 0 Å². The van der Waals surface area contributed by atoms with Crippen molar-refractivity contribution in [3.05, 3.63) is 12.7 Å². The van der Waals surface area contributed by atoms with E-state index < -0.39 is 0 Å². The van der Waals surface area contributed by atoms with Crippen LogP contribution >= 0.6 is 0 Å². The van der Waals surface area contributed by atoms with Crippen LogP contribution in [0.25, 0.3) is 0 Å². The Balaban J connectivity index is 2.06. The first-order chi connectivity index (χ1) is 9.22. The van der Waals surface area contributed by atoms with Gasteiger partial charge in [-0.3, -0.25) is 9.59 Å². The molecule has 19 heavy (non-hydrogen) atoms. The van der Waals surface area contributed by atoms with E-state index >= 15 is 0 Å². The van der Waals surface area contributed by atoms with Crippen LogP contribution < -0.4 is 5.32 Å². The Labute approximate surface area is 115 Å². The number of nitrogens with zero attached hydrogens (tertiary/aromatic N) is 1. The molecule has 0 bridgehead atoms. The fourth-order valence-corrected chi connectivity index (χ4v) is 3.11. The summed E-state index contributed by atoms with van der Waals surface area (Å²) < 4.78 is 0. The molecular weight excluding hydrogens is 240 g/mol. The van der Waals surface area contributed by atoms with Crippen LogP contribution in [0.1, 0.15) is 44.9 Å². The van der Waals surface area contributed by atoms with E-state index in [4.69, 9.17) is 0 Å². The maximum Gasteiger partial charge on any atom is 0.245 e. The minimum absolute atomic E-state index is 0.0185. The Morgan fingerprint density at radius 1 is 1.26 bits per heavy atom. The molecule has 0 aromatic heterocycles. The van der Waals surface area contributed by atoms with Crippen LogP contribution in [0.3, 0.4) is 0 Å². The first-order valence-electron chi connectivity index (χ1n) is 7.41. The summed E-state index contributed by atoms with van der Waals surface area (Å²) in [6.45, 7) is 4.92. The van der Waals surface area contributed by atoms with E-state index in [0.29, 0.717) is 25.4 Å². The van der Waals surface area contributed by atoms with Crippen LogP contribution in [0.2, 0.25) is 0 Å². The normalized spacial score (nSPS) is 25.9. The summed E-state index contributed by atoms with van der Waals surface area (Å²) in [4.78, 5) is 26.2. The Morgan fingerprint density at radius 2 is 2.00 bits per heavy atom. The number of hydrogen-bond acceptors (Lipinski definition) is 2. The fraction of sp³-hybridized carbons (Fsp3) is 0.733. The number of amides is 2. The van der Waals surface area contributed by atoms with Crippen molar-refractivity contribution in [3.63, 3.8) is 0 Å². The zero-order valence-corrected chi connectivity index (χ0v) is 11.6. The highest BCUT2D eigenvalue weighted by Crippen LogP contribution is 2.28. The maximum absolute atomic E-state index is 12.6. The number of hydrogen-bond donors (Lipinski definition) is 1. The SMILES string of the molecule is C=CCCN1CCC(=O)NC(C2CCCCC2)C1=O. The summed E-state index contributed by atoms with van der Waals surface area (Å²) >= 11 is 0. The quantitative estimate of drug-likeness (QED) is 0.788. The third-order valence-corrected chi connectivity index (χ3v) is 4.23. The molecule has 1 aliphatic heterocycles. The van der Waals surface area contributed by atoms with Crippen LogP contribution in [-0.4, -0.2) is 35.8 Å². The summed E-state index contributed by atoms with van der Waals surface area (Å²) in [6, 6.07) is -0.292. The molecular formula is C15H24N2O2. The van der Waals surface area contributed by atoms with Gasteiger partial charge < -0.3 is 10.2 Å². The number of nitrogens with one attached hydrogen (secondary N) is 1. The van der Waals surface area contributed by atoms with E-state index in [9.17, 15) is 9.59 Å². The van der Waals surface area contributed by atoms with Gasteiger partial charge in [0.25, 0.3) is 0 Å². The van der Waals surface area contributed by atoms with Crippen molar-refractivity contribution in [1.82, 2.24) is 10.2 Å². The van der Waals surface area contributed by atoms with Gasteiger partial charge in [0.1, 0.15) is 6.04 Å². The van der Waals surface area contributed by atoms with E-state index in [0.717, 1.165) is 19.3 Å². The molecule has 2 amide bonds. The van der Waals surface area contributed by atoms with E-state index in [-0.39, 0.29) is 17.9 Å². The predicted octanol–water partition coefficient (Wildman–Crippen LogP) is 1.86. The van der Waals surface area contributed by atoms with Crippen molar-refractivity contribution in [2.75, 3.05) is 13.1 Å². The highest BCUT2D eigenvalue weighted by molar-refractivity contribution is 5.90. The van der Waals surface area contributed by atoms with Crippen molar-refractivity contribution in [3.8, 4) is 0 Å². The molecule has 0 aromatic carbocycles. The molecule has 4 nitrogen and oxygen atoms in total. The van der Waals surface area contributed by atoms with Crippen LogP contribution in [0.15, 0.2) is 12.7 Å². The second kappa shape index (κ2) is 6.73. The molecule has 0 radical (unpaired) electrons. The molecule has 2 aliphatic rings. The molecule has 1 N–H and O–H groups in total. The molecule has 2 fully saturated rings. The molecule has 1 saturated carbocycles. The second-order valence-corrected chi connectivity index (χ2v) is 5.60. The van der Waals surface area contributed by atoms with Crippen molar-refractivity contribution >= 4 is 11.8 Å². The molecule has 1 unspecified atom stereocenters. The summed E-state index contributed by atoms with van der Waals surface area (Å²) in [7, 11) is 0. The Hall–Kier alpha value is -1.32. The van der Waals surface area contributed by atoms with Gasteiger partial charge in [-0.05, 0) is 25.2 Å². The monoisotopic (exact) mass is 264 g/mol. The summed E-state index contributed by atoms with van der Waals surface area (Å²) in [5.74, 6) is 0.458. The molecule has 106 valence electrons. The van der Waals surface area contributed by atoms with E-state index in [2.05, 4.69) is 11.9 Å². The van der Waals surface area contributed by atoms with Crippen LogP contribution in [0, 0.1) is 5.92 Å². The minimum atomic E-state index is -0.292. The molecule has 1 atom stereocenters. The molecule has 1 heterocycles. The molecule has 0 spiro atoms. The molecule has 1 saturated heterocycles. The Kier molecular flexibility index (Phi) is 5.00. The molecule has 4 heteroatoms. The molecule has 2 rings (SSSR count). The second-order valence-electron chi connectivity index (χ2n) is 5.60. The maximum atomic E-state index is 12.6. The topological polar surface area (TPSA) is 49.4 Å². The van der Waals surface area contributed by atoms with Crippen molar-refractivity contribution in [2.45, 2.75) is 51.0 Å². The highest BCUT2D eigenvalue weighted by Gasteiger charge is 2.35. The first kappa shape index (κ1) is 14.1. The van der Waals surface area contributed by atoms with Crippen LogP contribution in [0.4, 0.5) is 0 Å². The summed E-state index contributed by atoms with van der Waals surface area (Å²) in [5.41, 5.74) is 0. The molecule has 0 aromatic rings. The van der Waals surface area contributed by atoms with E-state index in [1.807, 2.05) is 11.0 Å². The van der Waals surface area contributed by atoms with Crippen molar-refractivity contribution in [2.24, 2.45) is 5.92 Å². The average molecular weight is 264 g/mol. The smallest absolute Gasteiger partial charge is 0.245 e. The summed E-state index contributed by atoms with van der Waals surface area (Å²) in [5, 5.41) is 2.95. The first-order valence-corrected chi connectivity index (χ1v) is 7.41. The van der Waals surface area contributed by atoms with E-state index in [1.165, 1.54) is 19.3 Å². The third kappa shape index (κ3) is 3.58. The largest absolute Gasteiger partial charge is 0.344 e. The highest BCUT2D eigenvalue weighted by atomic mass is 16.2. The number of carbonyl (C=O) groups is 2. The minimum Gasteiger partial charge on any atom is -0.344 e. The van der Waals surface area contributed by atoms with Gasteiger partial charge in [0, 0.05) is 19.5 Å². The zero-order valence-electron chi connectivity index (χ0n) is 11.6. The average Bonchev–Trinajstić information content (AvgIpc) is 2.58. The number of rotatable bonds is 4. The van der Waals surface area contributed by atoms with Gasteiger partial charge in [-0.15, -0.1) is 6.58 Å². The standard InChI is InChI=1S/C15H24N2O2/c1-2-3-10-17-11-9-13(18)16-14(15(17)19)12-7-5-4-6-8-12/h2,12,14H,1,3-11H2,(H,16,18). The fourth-order valence-electron chi connectivity index (χ4n) is 3.11. The Morgan fingerprint density at radius 3 is 2.68 bits per heavy atom. The van der Waals surface area contributed by atoms with Gasteiger partial charge in [0.15, 0.2) is 0 Å². The van der Waals surface area contributed by atoms with Crippen LogP contribution in [-0.2, 0) is 9.59 Å². The van der Waals surface area contributed by atoms with Crippen molar-refractivity contribution in [1.29, 1.82) is 0 Å². The lowest BCUT2D eigenvalue weighted by molar-refractivity contribution is -0.135. The van der Waals surface area contributed by atoms with Crippen LogP contribution in [0.5, 0.6) is 0 Å². The molecule has 1 aliphatic carbocycles.